The van der Waals surface area contributed by atoms with E-state index in [0.29, 0.717) is 5.92 Å². The van der Waals surface area contributed by atoms with E-state index in [4.69, 9.17) is 0 Å². The third kappa shape index (κ3) is 7.71. The maximum Gasteiger partial charge on any atom is 0.253 e. The van der Waals surface area contributed by atoms with Crippen molar-refractivity contribution in [3.05, 3.63) is 65.7 Å². The monoisotopic (exact) mass is 552 g/mol. The van der Waals surface area contributed by atoms with Crippen LogP contribution < -0.4 is 5.32 Å². The van der Waals surface area contributed by atoms with Gasteiger partial charge in [0.1, 0.15) is 0 Å². The van der Waals surface area contributed by atoms with Gasteiger partial charge in [-0.1, -0.05) is 30.3 Å². The van der Waals surface area contributed by atoms with Gasteiger partial charge in [-0.25, -0.2) is 0 Å². The van der Waals surface area contributed by atoms with Crippen LogP contribution in [0.4, 0.5) is 0 Å². The Balaban J connectivity index is 0.00000341. The van der Waals surface area contributed by atoms with Crippen LogP contribution >= 0.6 is 35.7 Å². The van der Waals surface area contributed by atoms with E-state index in [1.807, 2.05) is 37.0 Å². The predicted octanol–water partition coefficient (Wildman–Crippen LogP) is 4.24. The molecule has 1 unspecified atom stereocenters. The van der Waals surface area contributed by atoms with Crippen molar-refractivity contribution in [3.8, 4) is 0 Å². The van der Waals surface area contributed by atoms with E-state index in [1.54, 1.807) is 19.0 Å². The number of halogens is 1. The molecule has 3 rings (SSSR count). The summed E-state index contributed by atoms with van der Waals surface area (Å²) in [5.74, 6) is 2.84. The minimum Gasteiger partial charge on any atom is -0.356 e. The van der Waals surface area contributed by atoms with Crippen molar-refractivity contribution >= 4 is 47.6 Å². The van der Waals surface area contributed by atoms with Crippen LogP contribution in [0.5, 0.6) is 0 Å². The van der Waals surface area contributed by atoms with E-state index in [9.17, 15) is 4.79 Å². The smallest absolute Gasteiger partial charge is 0.253 e. The summed E-state index contributed by atoms with van der Waals surface area (Å²) in [4.78, 5) is 22.0. The van der Waals surface area contributed by atoms with Gasteiger partial charge in [0.25, 0.3) is 5.91 Å². The number of benzene rings is 2. The molecule has 1 aliphatic rings. The van der Waals surface area contributed by atoms with Crippen LogP contribution in [0.1, 0.15) is 22.3 Å². The number of guanidine groups is 1. The van der Waals surface area contributed by atoms with E-state index in [1.165, 1.54) is 11.3 Å². The van der Waals surface area contributed by atoms with Crippen LogP contribution in [0.3, 0.4) is 0 Å². The average molecular weight is 553 g/mol. The summed E-state index contributed by atoms with van der Waals surface area (Å²) in [6, 6.07) is 18.5. The Morgan fingerprint density at radius 2 is 1.97 bits per heavy atom. The Labute approximate surface area is 207 Å². The zero-order valence-electron chi connectivity index (χ0n) is 18.6. The minimum atomic E-state index is 0. The van der Waals surface area contributed by atoms with Crippen LogP contribution in [0.2, 0.25) is 0 Å². The maximum absolute atomic E-state index is 12.2. The van der Waals surface area contributed by atoms with Gasteiger partial charge >= 0.3 is 0 Å². The van der Waals surface area contributed by atoms with Gasteiger partial charge in [0.2, 0.25) is 0 Å². The Morgan fingerprint density at radius 3 is 2.68 bits per heavy atom. The van der Waals surface area contributed by atoms with Gasteiger partial charge in [0.15, 0.2) is 5.96 Å². The molecule has 1 amide bonds. The van der Waals surface area contributed by atoms with Gasteiger partial charge < -0.3 is 15.1 Å². The number of nitrogens with one attached hydrogen (secondary N) is 1. The molecule has 1 saturated heterocycles. The molecule has 2 aromatic rings. The topological polar surface area (TPSA) is 47.9 Å². The second-order valence-corrected chi connectivity index (χ2v) is 8.94. The molecule has 0 bridgehead atoms. The maximum atomic E-state index is 12.2. The molecule has 1 heterocycles. The van der Waals surface area contributed by atoms with Crippen LogP contribution in [0, 0.1) is 5.92 Å². The SMILES string of the molecule is CN=C(NCCc1cccc(C(=O)N(C)C)c1)N1CCC(CSc2ccccc2)C1.I. The summed E-state index contributed by atoms with van der Waals surface area (Å²) in [5, 5.41) is 3.50. The fourth-order valence-corrected chi connectivity index (χ4v) is 4.71. The van der Waals surface area contributed by atoms with E-state index < -0.39 is 0 Å². The van der Waals surface area contributed by atoms with Crippen LogP contribution in [0.15, 0.2) is 64.5 Å². The number of amides is 1. The summed E-state index contributed by atoms with van der Waals surface area (Å²) in [5.41, 5.74) is 1.89. The highest BCUT2D eigenvalue weighted by molar-refractivity contribution is 14.0. The first-order valence-corrected chi connectivity index (χ1v) is 11.5. The van der Waals surface area contributed by atoms with Gasteiger partial charge in [-0.3, -0.25) is 9.79 Å². The largest absolute Gasteiger partial charge is 0.356 e. The average Bonchev–Trinajstić information content (AvgIpc) is 3.24. The van der Waals surface area contributed by atoms with Crippen molar-refractivity contribution in [1.29, 1.82) is 0 Å². The molecule has 168 valence electrons. The van der Waals surface area contributed by atoms with E-state index in [-0.39, 0.29) is 29.9 Å². The molecule has 1 aliphatic heterocycles. The Kier molecular flexibility index (Phi) is 10.7. The molecule has 0 aromatic heterocycles. The number of rotatable bonds is 7. The third-order valence-electron chi connectivity index (χ3n) is 5.30. The molecule has 5 nitrogen and oxygen atoms in total. The number of carbonyl (C=O) groups is 1. The first kappa shape index (κ1) is 25.5. The molecule has 0 spiro atoms. The lowest BCUT2D eigenvalue weighted by Crippen LogP contribution is -2.41. The zero-order valence-corrected chi connectivity index (χ0v) is 21.7. The molecule has 7 heteroatoms. The van der Waals surface area contributed by atoms with Gasteiger partial charge in [0.05, 0.1) is 0 Å². The van der Waals surface area contributed by atoms with Crippen molar-refractivity contribution in [2.24, 2.45) is 10.9 Å². The summed E-state index contributed by atoms with van der Waals surface area (Å²) >= 11 is 1.94. The van der Waals surface area contributed by atoms with Gasteiger partial charge in [0, 0.05) is 57.0 Å². The van der Waals surface area contributed by atoms with E-state index >= 15 is 0 Å². The molecule has 0 saturated carbocycles. The number of aliphatic imine (C=N–C) groups is 1. The summed E-state index contributed by atoms with van der Waals surface area (Å²) in [7, 11) is 5.41. The number of nitrogens with zero attached hydrogens (tertiary/aromatic N) is 3. The first-order valence-electron chi connectivity index (χ1n) is 10.5. The lowest BCUT2D eigenvalue weighted by atomic mass is 10.1. The second-order valence-electron chi connectivity index (χ2n) is 7.85. The van der Waals surface area contributed by atoms with Gasteiger partial charge in [-0.05, 0) is 48.6 Å². The lowest BCUT2D eigenvalue weighted by Gasteiger charge is -2.22. The third-order valence-corrected chi connectivity index (χ3v) is 6.55. The number of hydrogen-bond acceptors (Lipinski definition) is 3. The molecule has 31 heavy (non-hydrogen) atoms. The fourth-order valence-electron chi connectivity index (χ4n) is 3.66. The van der Waals surface area contributed by atoms with Crippen molar-refractivity contribution in [2.45, 2.75) is 17.7 Å². The van der Waals surface area contributed by atoms with Crippen LogP contribution in [-0.2, 0) is 6.42 Å². The molecular weight excluding hydrogens is 519 g/mol. The van der Waals surface area contributed by atoms with Crippen molar-refractivity contribution in [1.82, 2.24) is 15.1 Å². The van der Waals surface area contributed by atoms with E-state index in [2.05, 4.69) is 51.6 Å². The highest BCUT2D eigenvalue weighted by atomic mass is 127. The van der Waals surface area contributed by atoms with Crippen molar-refractivity contribution < 1.29 is 4.79 Å². The van der Waals surface area contributed by atoms with Crippen molar-refractivity contribution in [2.75, 3.05) is 46.5 Å². The number of thioether (sulfide) groups is 1. The normalized spacial score (nSPS) is 16.0. The Bertz CT molecular complexity index is 860. The van der Waals surface area contributed by atoms with Crippen LogP contribution in [0.25, 0.3) is 0 Å². The summed E-state index contributed by atoms with van der Waals surface area (Å²) in [6.45, 7) is 2.89. The lowest BCUT2D eigenvalue weighted by molar-refractivity contribution is 0.0827. The van der Waals surface area contributed by atoms with Crippen LogP contribution in [-0.4, -0.2) is 68.2 Å². The molecule has 0 aliphatic carbocycles. The standard InChI is InChI=1S/C24H32N4OS.HI/c1-25-24(26-14-12-19-8-7-9-21(16-19)23(29)27(2)3)28-15-13-20(17-28)18-30-22-10-5-4-6-11-22;/h4-11,16,20H,12-15,17-18H2,1-3H3,(H,25,26);1H. The van der Waals surface area contributed by atoms with Crippen molar-refractivity contribution in [3.63, 3.8) is 0 Å². The fraction of sp³-hybridized carbons (Fsp3) is 0.417. The van der Waals surface area contributed by atoms with E-state index in [0.717, 1.165) is 48.9 Å². The number of likely N-dealkylation sites (tertiary alicyclic amines) is 1. The Hall–Kier alpha value is -1.74. The second kappa shape index (κ2) is 13.0. The first-order chi connectivity index (χ1) is 14.6. The molecule has 0 radical (unpaired) electrons. The quantitative estimate of drug-likeness (QED) is 0.242. The minimum absolute atomic E-state index is 0. The number of carbonyl (C=O) groups excluding carboxylic acids is 1. The molecular formula is C24H33IN4OS. The van der Waals surface area contributed by atoms with Gasteiger partial charge in [-0.15, -0.1) is 35.7 Å². The zero-order chi connectivity index (χ0) is 21.3. The molecule has 1 atom stereocenters. The summed E-state index contributed by atoms with van der Waals surface area (Å²) in [6.07, 6.45) is 2.06. The highest BCUT2D eigenvalue weighted by Gasteiger charge is 2.24. The van der Waals surface area contributed by atoms with Gasteiger partial charge in [-0.2, -0.15) is 0 Å². The molecule has 1 N–H and O–H groups in total. The Morgan fingerprint density at radius 1 is 1.19 bits per heavy atom. The highest BCUT2D eigenvalue weighted by Crippen LogP contribution is 2.25. The summed E-state index contributed by atoms with van der Waals surface area (Å²) < 4.78 is 0. The number of hydrogen-bond donors (Lipinski definition) is 1. The molecule has 2 aromatic carbocycles. The predicted molar refractivity (Wildman–Crippen MR) is 142 cm³/mol. The molecule has 1 fully saturated rings.